The Morgan fingerprint density at radius 2 is 1.88 bits per heavy atom. The summed E-state index contributed by atoms with van der Waals surface area (Å²) < 4.78 is 42.7. The highest BCUT2D eigenvalue weighted by molar-refractivity contribution is 7.92. The number of H-pyrrole nitrogens is 1. The van der Waals surface area contributed by atoms with E-state index in [0.717, 1.165) is 0 Å². The molecular weight excluding hydrogens is 336 g/mol. The number of ether oxygens (including phenoxy) is 2. The molecule has 0 fully saturated rings. The van der Waals surface area contributed by atoms with Crippen LogP contribution < -0.4 is 20.0 Å². The van der Waals surface area contributed by atoms with Gasteiger partial charge in [-0.05, 0) is 24.3 Å². The molecule has 0 saturated carbocycles. The number of hydrogen-bond acceptors (Lipinski definition) is 6. The smallest absolute Gasteiger partial charge is 0.417 e. The van der Waals surface area contributed by atoms with Crippen molar-refractivity contribution in [2.45, 2.75) is 4.90 Å². The van der Waals surface area contributed by atoms with E-state index in [1.807, 2.05) is 0 Å². The van der Waals surface area contributed by atoms with Crippen LogP contribution in [0.1, 0.15) is 0 Å². The van der Waals surface area contributed by atoms with Gasteiger partial charge in [0.25, 0.3) is 10.0 Å². The van der Waals surface area contributed by atoms with Crippen LogP contribution in [0.3, 0.4) is 0 Å². The zero-order chi connectivity index (χ0) is 17.3. The first-order chi connectivity index (χ1) is 11.4. The molecule has 0 aliphatic heterocycles. The zero-order valence-electron chi connectivity index (χ0n) is 12.8. The molecule has 1 heterocycles. The van der Waals surface area contributed by atoms with Gasteiger partial charge in [-0.25, -0.2) is 13.2 Å². The Hall–Kier alpha value is -2.94. The standard InChI is InChI=1S/C15H14N2O6S/c1-21-9-3-6-13(22-2)12(7-9)17-24(19,20)10-4-5-11-14(8-10)23-15(18)16-11/h3-8,17H,1-2H3,(H,16,18). The molecule has 9 heteroatoms. The van der Waals surface area contributed by atoms with Crippen LogP contribution in [0.5, 0.6) is 11.5 Å². The van der Waals surface area contributed by atoms with Crippen molar-refractivity contribution in [3.05, 3.63) is 46.9 Å². The number of nitrogens with one attached hydrogen (secondary N) is 2. The molecule has 0 unspecified atom stereocenters. The lowest BCUT2D eigenvalue weighted by atomic mass is 10.3. The number of benzene rings is 2. The van der Waals surface area contributed by atoms with Gasteiger partial charge < -0.3 is 13.9 Å². The SMILES string of the molecule is COc1ccc(OC)c(NS(=O)(=O)c2ccc3[nH]c(=O)oc3c2)c1. The number of sulfonamides is 1. The highest BCUT2D eigenvalue weighted by atomic mass is 32.2. The molecule has 0 aliphatic carbocycles. The maximum atomic E-state index is 12.6. The average molecular weight is 350 g/mol. The first kappa shape index (κ1) is 15.9. The van der Waals surface area contributed by atoms with E-state index in [-0.39, 0.29) is 16.2 Å². The van der Waals surface area contributed by atoms with E-state index >= 15 is 0 Å². The molecule has 2 N–H and O–H groups in total. The molecular formula is C15H14N2O6S. The molecule has 0 saturated heterocycles. The van der Waals surface area contributed by atoms with Crippen LogP contribution in [0.15, 0.2) is 50.5 Å². The van der Waals surface area contributed by atoms with Crippen LogP contribution in [0.4, 0.5) is 5.69 Å². The minimum atomic E-state index is -3.91. The number of aromatic amines is 1. The van der Waals surface area contributed by atoms with Crippen LogP contribution in [0.2, 0.25) is 0 Å². The van der Waals surface area contributed by atoms with Crippen molar-refractivity contribution in [3.8, 4) is 11.5 Å². The van der Waals surface area contributed by atoms with Gasteiger partial charge in [0, 0.05) is 12.1 Å². The summed E-state index contributed by atoms with van der Waals surface area (Å²) >= 11 is 0. The van der Waals surface area contributed by atoms with E-state index < -0.39 is 15.8 Å². The van der Waals surface area contributed by atoms with Gasteiger partial charge in [-0.1, -0.05) is 0 Å². The van der Waals surface area contributed by atoms with E-state index in [0.29, 0.717) is 17.0 Å². The van der Waals surface area contributed by atoms with Crippen LogP contribution in [-0.4, -0.2) is 27.6 Å². The number of fused-ring (bicyclic) bond motifs is 1. The predicted octanol–water partition coefficient (Wildman–Crippen LogP) is 1.94. The van der Waals surface area contributed by atoms with Crippen LogP contribution in [0.25, 0.3) is 11.1 Å². The summed E-state index contributed by atoms with van der Waals surface area (Å²) in [5.74, 6) is 0.163. The summed E-state index contributed by atoms with van der Waals surface area (Å²) in [5, 5.41) is 0. The molecule has 8 nitrogen and oxygen atoms in total. The number of oxazole rings is 1. The molecule has 0 bridgehead atoms. The fraction of sp³-hybridized carbons (Fsp3) is 0.133. The number of methoxy groups -OCH3 is 2. The Labute approximate surface area is 137 Å². The molecule has 0 amide bonds. The summed E-state index contributed by atoms with van der Waals surface area (Å²) in [6.07, 6.45) is 0. The van der Waals surface area contributed by atoms with Gasteiger partial charge in [0.1, 0.15) is 11.5 Å². The highest BCUT2D eigenvalue weighted by Gasteiger charge is 2.18. The summed E-state index contributed by atoms with van der Waals surface area (Å²) in [4.78, 5) is 13.6. The largest absolute Gasteiger partial charge is 0.497 e. The Bertz CT molecular complexity index is 1050. The molecule has 0 spiro atoms. The second-order valence-electron chi connectivity index (χ2n) is 4.84. The summed E-state index contributed by atoms with van der Waals surface area (Å²) in [7, 11) is -1.01. The van der Waals surface area contributed by atoms with Crippen molar-refractivity contribution in [1.82, 2.24) is 4.98 Å². The number of anilines is 1. The molecule has 3 rings (SSSR count). The van der Waals surface area contributed by atoms with E-state index in [1.54, 1.807) is 12.1 Å². The molecule has 2 aromatic carbocycles. The normalized spacial score (nSPS) is 11.4. The molecule has 126 valence electrons. The fourth-order valence-electron chi connectivity index (χ4n) is 2.19. The number of rotatable bonds is 5. The Morgan fingerprint density at radius 3 is 2.58 bits per heavy atom. The van der Waals surface area contributed by atoms with Crippen LogP contribution >= 0.6 is 0 Å². The third-order valence-corrected chi connectivity index (χ3v) is 4.72. The third kappa shape index (κ3) is 2.93. The first-order valence-electron chi connectivity index (χ1n) is 6.80. The minimum absolute atomic E-state index is 0.0531. The lowest BCUT2D eigenvalue weighted by molar-refractivity contribution is 0.405. The fourth-order valence-corrected chi connectivity index (χ4v) is 3.27. The molecule has 0 aliphatic rings. The zero-order valence-corrected chi connectivity index (χ0v) is 13.6. The Kier molecular flexibility index (Phi) is 3.94. The Balaban J connectivity index is 2.02. The van der Waals surface area contributed by atoms with Crippen LogP contribution in [0, 0.1) is 0 Å². The van der Waals surface area contributed by atoms with Gasteiger partial charge >= 0.3 is 5.76 Å². The van der Waals surface area contributed by atoms with Crippen molar-refractivity contribution < 1.29 is 22.3 Å². The van der Waals surface area contributed by atoms with Gasteiger partial charge in [0.15, 0.2) is 5.58 Å². The van der Waals surface area contributed by atoms with Crippen molar-refractivity contribution in [3.63, 3.8) is 0 Å². The lowest BCUT2D eigenvalue weighted by Crippen LogP contribution is -2.13. The van der Waals surface area contributed by atoms with Gasteiger partial charge in [0.05, 0.1) is 30.3 Å². The highest BCUT2D eigenvalue weighted by Crippen LogP contribution is 2.31. The van der Waals surface area contributed by atoms with E-state index in [4.69, 9.17) is 13.9 Å². The Morgan fingerprint density at radius 1 is 1.08 bits per heavy atom. The quantitative estimate of drug-likeness (QED) is 0.727. The third-order valence-electron chi connectivity index (χ3n) is 3.35. The maximum Gasteiger partial charge on any atom is 0.417 e. The summed E-state index contributed by atoms with van der Waals surface area (Å²) in [6, 6.07) is 8.83. The van der Waals surface area contributed by atoms with Crippen molar-refractivity contribution in [1.29, 1.82) is 0 Å². The summed E-state index contributed by atoms with van der Waals surface area (Å²) in [5.41, 5.74) is 0.797. The topological polar surface area (TPSA) is 111 Å². The van der Waals surface area contributed by atoms with Crippen molar-refractivity contribution in [2.75, 3.05) is 18.9 Å². The van der Waals surface area contributed by atoms with Gasteiger partial charge in [0.2, 0.25) is 0 Å². The van der Waals surface area contributed by atoms with E-state index in [2.05, 4.69) is 9.71 Å². The molecule has 0 atom stereocenters. The molecule has 1 aromatic heterocycles. The molecule has 0 radical (unpaired) electrons. The first-order valence-corrected chi connectivity index (χ1v) is 8.29. The maximum absolute atomic E-state index is 12.6. The molecule has 3 aromatic rings. The predicted molar refractivity (Wildman–Crippen MR) is 87.2 cm³/mol. The lowest BCUT2D eigenvalue weighted by Gasteiger charge is -2.13. The number of aromatic nitrogens is 1. The van der Waals surface area contributed by atoms with Gasteiger partial charge in [-0.15, -0.1) is 0 Å². The monoisotopic (exact) mass is 350 g/mol. The average Bonchev–Trinajstić information content (AvgIpc) is 2.93. The van der Waals surface area contributed by atoms with Crippen LogP contribution in [-0.2, 0) is 10.0 Å². The van der Waals surface area contributed by atoms with Crippen molar-refractivity contribution in [2.24, 2.45) is 0 Å². The van der Waals surface area contributed by atoms with E-state index in [1.165, 1.54) is 38.5 Å². The molecule has 24 heavy (non-hydrogen) atoms. The van der Waals surface area contributed by atoms with Crippen molar-refractivity contribution >= 4 is 26.8 Å². The van der Waals surface area contributed by atoms with Gasteiger partial charge in [-0.3, -0.25) is 9.71 Å². The van der Waals surface area contributed by atoms with E-state index in [9.17, 15) is 13.2 Å². The second-order valence-corrected chi connectivity index (χ2v) is 6.53. The minimum Gasteiger partial charge on any atom is -0.497 e. The second kappa shape index (κ2) is 5.93. The van der Waals surface area contributed by atoms with Gasteiger partial charge in [-0.2, -0.15) is 0 Å². The summed E-state index contributed by atoms with van der Waals surface area (Å²) in [6.45, 7) is 0. The number of hydrogen-bond donors (Lipinski definition) is 2.